The van der Waals surface area contributed by atoms with Gasteiger partial charge in [-0.25, -0.2) is 0 Å². The van der Waals surface area contributed by atoms with Crippen molar-refractivity contribution in [2.45, 2.75) is 63.6 Å². The topological polar surface area (TPSA) is 32.3 Å². The summed E-state index contributed by atoms with van der Waals surface area (Å²) in [6.45, 7) is 2.07. The summed E-state index contributed by atoms with van der Waals surface area (Å²) in [6.07, 6.45) is 6.58. The summed E-state index contributed by atoms with van der Waals surface area (Å²) in [5.74, 6) is 0.323. The van der Waals surface area contributed by atoms with Gasteiger partial charge in [-0.15, -0.1) is 12.4 Å². The van der Waals surface area contributed by atoms with E-state index in [0.717, 1.165) is 19.3 Å². The highest BCUT2D eigenvalue weighted by Gasteiger charge is 2.35. The summed E-state index contributed by atoms with van der Waals surface area (Å²) >= 11 is 0. The zero-order valence-corrected chi connectivity index (χ0v) is 11.1. The Kier molecular flexibility index (Phi) is 5.06. The second-order valence-corrected chi connectivity index (χ2v) is 5.02. The van der Waals surface area contributed by atoms with Crippen molar-refractivity contribution in [3.63, 3.8) is 0 Å². The maximum Gasteiger partial charge on any atom is 0.222 e. The molecule has 0 aromatic heterocycles. The Morgan fingerprint density at radius 3 is 2.38 bits per heavy atom. The molecule has 16 heavy (non-hydrogen) atoms. The highest BCUT2D eigenvalue weighted by molar-refractivity contribution is 5.85. The lowest BCUT2D eigenvalue weighted by Crippen LogP contribution is -2.48. The van der Waals surface area contributed by atoms with Crippen molar-refractivity contribution in [1.82, 2.24) is 10.2 Å². The van der Waals surface area contributed by atoms with Crippen LogP contribution in [0.15, 0.2) is 0 Å². The zero-order valence-electron chi connectivity index (χ0n) is 10.2. The average molecular weight is 247 g/mol. The van der Waals surface area contributed by atoms with Gasteiger partial charge >= 0.3 is 0 Å². The Labute approximate surface area is 104 Å². The van der Waals surface area contributed by atoms with Crippen LogP contribution in [-0.2, 0) is 4.79 Å². The van der Waals surface area contributed by atoms with E-state index in [4.69, 9.17) is 0 Å². The molecule has 2 rings (SSSR count). The van der Waals surface area contributed by atoms with Crippen LogP contribution in [0, 0.1) is 0 Å². The van der Waals surface area contributed by atoms with Crippen LogP contribution in [-0.4, -0.2) is 36.0 Å². The van der Waals surface area contributed by atoms with Crippen LogP contribution in [0.2, 0.25) is 0 Å². The second kappa shape index (κ2) is 5.87. The number of carbonyl (C=O) groups excluding carboxylic acids is 1. The van der Waals surface area contributed by atoms with E-state index in [-0.39, 0.29) is 12.4 Å². The number of nitrogens with zero attached hydrogens (tertiary/aromatic N) is 1. The lowest BCUT2D eigenvalue weighted by molar-refractivity contribution is -0.132. The maximum atomic E-state index is 11.8. The highest BCUT2D eigenvalue weighted by atomic mass is 35.5. The Hall–Kier alpha value is -0.280. The third-order valence-corrected chi connectivity index (χ3v) is 3.85. The maximum absolute atomic E-state index is 11.8. The minimum Gasteiger partial charge on any atom is -0.343 e. The van der Waals surface area contributed by atoms with Gasteiger partial charge in [-0.2, -0.15) is 0 Å². The molecular formula is C12H23ClN2O. The molecule has 0 aromatic rings. The van der Waals surface area contributed by atoms with Crippen LogP contribution < -0.4 is 5.32 Å². The molecule has 2 aliphatic heterocycles. The number of nitrogens with one attached hydrogen (secondary N) is 1. The molecule has 2 saturated heterocycles. The smallest absolute Gasteiger partial charge is 0.222 e. The molecule has 1 amide bonds. The molecule has 94 valence electrons. The molecule has 0 aromatic carbocycles. The quantitative estimate of drug-likeness (QED) is 0.826. The van der Waals surface area contributed by atoms with Crippen molar-refractivity contribution in [3.05, 3.63) is 0 Å². The Bertz CT molecular complexity index is 235. The first-order valence-electron chi connectivity index (χ1n) is 6.22. The number of carbonyl (C=O) groups is 1. The van der Waals surface area contributed by atoms with Crippen LogP contribution in [0.1, 0.15) is 45.4 Å². The van der Waals surface area contributed by atoms with E-state index in [0.29, 0.717) is 30.5 Å². The predicted octanol–water partition coefficient (Wildman–Crippen LogP) is 1.95. The Balaban J connectivity index is 0.00000128. The first-order valence-corrected chi connectivity index (χ1v) is 6.22. The van der Waals surface area contributed by atoms with E-state index in [1.54, 1.807) is 0 Å². The molecule has 2 fully saturated rings. The first kappa shape index (κ1) is 13.8. The van der Waals surface area contributed by atoms with Gasteiger partial charge in [0.15, 0.2) is 0 Å². The van der Waals surface area contributed by atoms with Crippen molar-refractivity contribution in [2.75, 3.05) is 7.05 Å². The number of halogens is 1. The van der Waals surface area contributed by atoms with E-state index in [1.807, 2.05) is 11.9 Å². The number of rotatable bonds is 3. The molecule has 0 spiro atoms. The van der Waals surface area contributed by atoms with Crippen molar-refractivity contribution in [1.29, 1.82) is 0 Å². The Morgan fingerprint density at radius 2 is 1.88 bits per heavy atom. The van der Waals surface area contributed by atoms with Gasteiger partial charge < -0.3 is 10.2 Å². The Morgan fingerprint density at radius 1 is 1.31 bits per heavy atom. The number of amides is 1. The molecule has 0 aliphatic carbocycles. The van der Waals surface area contributed by atoms with E-state index in [9.17, 15) is 4.79 Å². The molecule has 1 N–H and O–H groups in total. The number of fused-ring (bicyclic) bond motifs is 2. The minimum absolute atomic E-state index is 0. The van der Waals surface area contributed by atoms with Gasteiger partial charge in [0.25, 0.3) is 0 Å². The van der Waals surface area contributed by atoms with Gasteiger partial charge in [0.05, 0.1) is 0 Å². The summed E-state index contributed by atoms with van der Waals surface area (Å²) in [5.41, 5.74) is 0. The van der Waals surface area contributed by atoms with Crippen molar-refractivity contribution < 1.29 is 4.79 Å². The van der Waals surface area contributed by atoms with Gasteiger partial charge in [-0.05, 0) is 32.1 Å². The summed E-state index contributed by atoms with van der Waals surface area (Å²) in [4.78, 5) is 13.8. The van der Waals surface area contributed by atoms with Crippen molar-refractivity contribution in [3.8, 4) is 0 Å². The van der Waals surface area contributed by atoms with Crippen LogP contribution in [0.5, 0.6) is 0 Å². The SMILES string of the molecule is CCCC(=O)N(C)C1CC2CCC(C1)N2.Cl. The van der Waals surface area contributed by atoms with Crippen LogP contribution in [0.25, 0.3) is 0 Å². The molecule has 2 heterocycles. The second-order valence-electron chi connectivity index (χ2n) is 5.02. The highest BCUT2D eigenvalue weighted by Crippen LogP contribution is 2.29. The third-order valence-electron chi connectivity index (χ3n) is 3.85. The summed E-state index contributed by atoms with van der Waals surface area (Å²) in [5, 5.41) is 3.61. The fourth-order valence-electron chi connectivity index (χ4n) is 2.94. The summed E-state index contributed by atoms with van der Waals surface area (Å²) in [7, 11) is 1.98. The first-order chi connectivity index (χ1) is 7.20. The predicted molar refractivity (Wildman–Crippen MR) is 67.9 cm³/mol. The normalized spacial score (nSPS) is 32.0. The van der Waals surface area contributed by atoms with Gasteiger partial charge in [-0.3, -0.25) is 4.79 Å². The van der Waals surface area contributed by atoms with Crippen molar-refractivity contribution in [2.24, 2.45) is 0 Å². The van der Waals surface area contributed by atoms with E-state index >= 15 is 0 Å². The van der Waals surface area contributed by atoms with Gasteiger partial charge in [0.1, 0.15) is 0 Å². The van der Waals surface area contributed by atoms with E-state index in [1.165, 1.54) is 12.8 Å². The number of hydrogen-bond donors (Lipinski definition) is 1. The average Bonchev–Trinajstić information content (AvgIpc) is 2.57. The lowest BCUT2D eigenvalue weighted by atomic mass is 9.98. The van der Waals surface area contributed by atoms with Crippen LogP contribution >= 0.6 is 12.4 Å². The molecule has 2 unspecified atom stereocenters. The summed E-state index contributed by atoms with van der Waals surface area (Å²) in [6, 6.07) is 1.83. The zero-order chi connectivity index (χ0) is 10.8. The summed E-state index contributed by atoms with van der Waals surface area (Å²) < 4.78 is 0. The van der Waals surface area contributed by atoms with E-state index in [2.05, 4.69) is 12.2 Å². The molecule has 3 nitrogen and oxygen atoms in total. The minimum atomic E-state index is 0. The lowest BCUT2D eigenvalue weighted by Gasteiger charge is -2.35. The fraction of sp³-hybridized carbons (Fsp3) is 0.917. The third kappa shape index (κ3) is 2.89. The molecule has 2 atom stereocenters. The van der Waals surface area contributed by atoms with E-state index < -0.39 is 0 Å². The van der Waals surface area contributed by atoms with Crippen LogP contribution in [0.3, 0.4) is 0 Å². The molecular weight excluding hydrogens is 224 g/mol. The van der Waals surface area contributed by atoms with Gasteiger partial charge in [-0.1, -0.05) is 6.92 Å². The molecule has 0 radical (unpaired) electrons. The van der Waals surface area contributed by atoms with Gasteiger partial charge in [0.2, 0.25) is 5.91 Å². The monoisotopic (exact) mass is 246 g/mol. The number of piperidine rings is 1. The largest absolute Gasteiger partial charge is 0.343 e. The molecule has 0 saturated carbocycles. The van der Waals surface area contributed by atoms with Crippen molar-refractivity contribution >= 4 is 18.3 Å². The molecule has 2 aliphatic rings. The van der Waals surface area contributed by atoms with Crippen LogP contribution in [0.4, 0.5) is 0 Å². The number of hydrogen-bond acceptors (Lipinski definition) is 2. The molecule has 2 bridgehead atoms. The fourth-order valence-corrected chi connectivity index (χ4v) is 2.94. The molecule has 4 heteroatoms. The van der Waals surface area contributed by atoms with Gasteiger partial charge in [0, 0.05) is 31.6 Å². The standard InChI is InChI=1S/C12H22N2O.ClH/c1-3-4-12(15)14(2)11-7-9-5-6-10(8-11)13-9;/h9-11,13H,3-8H2,1-2H3;1H.